The van der Waals surface area contributed by atoms with E-state index in [1.807, 2.05) is 13.8 Å². The lowest BCUT2D eigenvalue weighted by Crippen LogP contribution is -2.49. The summed E-state index contributed by atoms with van der Waals surface area (Å²) >= 11 is 11.8. The van der Waals surface area contributed by atoms with Crippen molar-refractivity contribution in [2.45, 2.75) is 26.1 Å². The molecule has 2 rings (SSSR count). The monoisotopic (exact) mass is 317 g/mol. The Morgan fingerprint density at radius 1 is 1.25 bits per heavy atom. The second-order valence-corrected chi connectivity index (χ2v) is 5.82. The Bertz CT molecular complexity index is 465. The van der Waals surface area contributed by atoms with E-state index in [4.69, 9.17) is 32.7 Å². The zero-order valence-electron chi connectivity index (χ0n) is 11.4. The summed E-state index contributed by atoms with van der Waals surface area (Å²) in [6.45, 7) is 5.04. The molecule has 20 heavy (non-hydrogen) atoms. The summed E-state index contributed by atoms with van der Waals surface area (Å²) in [6.07, 6.45) is 0.0895. The Morgan fingerprint density at radius 3 is 2.35 bits per heavy atom. The number of carbonyl (C=O) groups is 1. The van der Waals surface area contributed by atoms with Gasteiger partial charge in [0.25, 0.3) is 5.91 Å². The quantitative estimate of drug-likeness (QED) is 0.860. The molecular formula is C14H17Cl2NO3. The number of hydrogen-bond donors (Lipinski definition) is 0. The summed E-state index contributed by atoms with van der Waals surface area (Å²) in [5.74, 6) is 0.424. The van der Waals surface area contributed by atoms with Gasteiger partial charge in [-0.05, 0) is 32.0 Å². The van der Waals surface area contributed by atoms with Crippen LogP contribution >= 0.6 is 23.2 Å². The Hall–Kier alpha value is -0.970. The van der Waals surface area contributed by atoms with E-state index >= 15 is 0 Å². The Labute approximate surface area is 128 Å². The summed E-state index contributed by atoms with van der Waals surface area (Å²) < 4.78 is 11.0. The maximum Gasteiger partial charge on any atom is 0.260 e. The molecule has 1 aliphatic heterocycles. The molecule has 2 unspecified atom stereocenters. The molecule has 0 aliphatic carbocycles. The van der Waals surface area contributed by atoms with Crippen LogP contribution in [-0.4, -0.2) is 42.7 Å². The minimum Gasteiger partial charge on any atom is -0.484 e. The summed E-state index contributed by atoms with van der Waals surface area (Å²) in [5, 5.41) is 0.960. The van der Waals surface area contributed by atoms with Crippen molar-refractivity contribution >= 4 is 29.1 Å². The van der Waals surface area contributed by atoms with E-state index in [9.17, 15) is 4.79 Å². The van der Waals surface area contributed by atoms with Gasteiger partial charge in [0.15, 0.2) is 6.61 Å². The molecule has 6 heteroatoms. The number of ether oxygens (including phenoxy) is 2. The standard InChI is InChI=1S/C14H17Cl2NO3/c1-9-6-17(7-10(2)20-9)14(18)8-19-13-4-11(15)3-12(16)5-13/h3-5,9-10H,6-8H2,1-2H3. The maximum absolute atomic E-state index is 12.1. The van der Waals surface area contributed by atoms with Crippen molar-refractivity contribution in [3.05, 3.63) is 28.2 Å². The predicted molar refractivity (Wildman–Crippen MR) is 78.5 cm³/mol. The third-order valence-corrected chi connectivity index (χ3v) is 3.41. The van der Waals surface area contributed by atoms with Gasteiger partial charge in [-0.25, -0.2) is 0 Å². The first-order valence-electron chi connectivity index (χ1n) is 6.46. The molecule has 1 aromatic rings. The van der Waals surface area contributed by atoms with Gasteiger partial charge in [0.2, 0.25) is 0 Å². The van der Waals surface area contributed by atoms with Crippen molar-refractivity contribution in [3.8, 4) is 5.75 Å². The van der Waals surface area contributed by atoms with Crippen LogP contribution in [0.25, 0.3) is 0 Å². The van der Waals surface area contributed by atoms with Crippen LogP contribution in [0.3, 0.4) is 0 Å². The lowest BCUT2D eigenvalue weighted by atomic mass is 10.2. The molecule has 2 atom stereocenters. The first-order chi connectivity index (χ1) is 9.44. The van der Waals surface area contributed by atoms with E-state index in [0.29, 0.717) is 28.9 Å². The topological polar surface area (TPSA) is 38.8 Å². The largest absolute Gasteiger partial charge is 0.484 e. The number of rotatable bonds is 3. The second kappa shape index (κ2) is 6.66. The number of nitrogens with zero attached hydrogens (tertiary/aromatic N) is 1. The lowest BCUT2D eigenvalue weighted by Gasteiger charge is -2.35. The van der Waals surface area contributed by atoms with Crippen molar-refractivity contribution in [3.63, 3.8) is 0 Å². The highest BCUT2D eigenvalue weighted by molar-refractivity contribution is 6.34. The average molecular weight is 318 g/mol. The number of carbonyl (C=O) groups excluding carboxylic acids is 1. The molecule has 0 spiro atoms. The Morgan fingerprint density at radius 2 is 1.80 bits per heavy atom. The third-order valence-electron chi connectivity index (χ3n) is 2.97. The smallest absolute Gasteiger partial charge is 0.260 e. The maximum atomic E-state index is 12.1. The molecule has 4 nitrogen and oxygen atoms in total. The summed E-state index contributed by atoms with van der Waals surface area (Å²) in [4.78, 5) is 13.9. The Balaban J connectivity index is 1.91. The van der Waals surface area contributed by atoms with E-state index in [-0.39, 0.29) is 24.7 Å². The van der Waals surface area contributed by atoms with Crippen LogP contribution in [-0.2, 0) is 9.53 Å². The predicted octanol–water partition coefficient (Wildman–Crippen LogP) is 3.01. The van der Waals surface area contributed by atoms with E-state index in [1.165, 1.54) is 0 Å². The third kappa shape index (κ3) is 4.27. The molecule has 1 aromatic carbocycles. The highest BCUT2D eigenvalue weighted by atomic mass is 35.5. The van der Waals surface area contributed by atoms with E-state index in [0.717, 1.165) is 0 Å². The average Bonchev–Trinajstić information content (AvgIpc) is 2.33. The zero-order chi connectivity index (χ0) is 14.7. The van der Waals surface area contributed by atoms with E-state index in [1.54, 1.807) is 23.1 Å². The van der Waals surface area contributed by atoms with Crippen LogP contribution in [0.15, 0.2) is 18.2 Å². The highest BCUT2D eigenvalue weighted by Gasteiger charge is 2.25. The van der Waals surface area contributed by atoms with Gasteiger partial charge in [-0.3, -0.25) is 4.79 Å². The number of benzene rings is 1. The minimum absolute atomic E-state index is 0.0316. The molecule has 1 amide bonds. The first-order valence-corrected chi connectivity index (χ1v) is 7.22. The minimum atomic E-state index is -0.0666. The van der Waals surface area contributed by atoms with Crippen molar-refractivity contribution in [1.29, 1.82) is 0 Å². The fourth-order valence-corrected chi connectivity index (χ4v) is 2.74. The fraction of sp³-hybridized carbons (Fsp3) is 0.500. The van der Waals surface area contributed by atoms with Gasteiger partial charge in [-0.2, -0.15) is 0 Å². The van der Waals surface area contributed by atoms with Gasteiger partial charge in [-0.1, -0.05) is 23.2 Å². The molecule has 110 valence electrons. The second-order valence-electron chi connectivity index (χ2n) is 4.95. The van der Waals surface area contributed by atoms with Gasteiger partial charge in [0.1, 0.15) is 5.75 Å². The van der Waals surface area contributed by atoms with Crippen LogP contribution in [0.2, 0.25) is 10.0 Å². The van der Waals surface area contributed by atoms with Gasteiger partial charge in [0, 0.05) is 23.1 Å². The normalized spacial score (nSPS) is 22.7. The number of hydrogen-bond acceptors (Lipinski definition) is 3. The van der Waals surface area contributed by atoms with Gasteiger partial charge in [0.05, 0.1) is 12.2 Å². The molecule has 0 radical (unpaired) electrons. The number of halogens is 2. The first kappa shape index (κ1) is 15.4. The number of amides is 1. The van der Waals surface area contributed by atoms with Crippen LogP contribution in [0.4, 0.5) is 0 Å². The molecule has 0 N–H and O–H groups in total. The van der Waals surface area contributed by atoms with Crippen molar-refractivity contribution in [2.75, 3.05) is 19.7 Å². The molecular weight excluding hydrogens is 301 g/mol. The van der Waals surface area contributed by atoms with Crippen molar-refractivity contribution < 1.29 is 14.3 Å². The van der Waals surface area contributed by atoms with Gasteiger partial charge < -0.3 is 14.4 Å². The molecule has 1 saturated heterocycles. The van der Waals surface area contributed by atoms with Crippen molar-refractivity contribution in [2.24, 2.45) is 0 Å². The molecule has 1 heterocycles. The lowest BCUT2D eigenvalue weighted by molar-refractivity contribution is -0.145. The Kier molecular flexibility index (Phi) is 5.13. The van der Waals surface area contributed by atoms with Crippen LogP contribution in [0, 0.1) is 0 Å². The van der Waals surface area contributed by atoms with E-state index in [2.05, 4.69) is 0 Å². The van der Waals surface area contributed by atoms with Crippen LogP contribution < -0.4 is 4.74 Å². The molecule has 0 bridgehead atoms. The van der Waals surface area contributed by atoms with Gasteiger partial charge >= 0.3 is 0 Å². The number of morpholine rings is 1. The highest BCUT2D eigenvalue weighted by Crippen LogP contribution is 2.24. The van der Waals surface area contributed by atoms with E-state index < -0.39 is 0 Å². The van der Waals surface area contributed by atoms with Gasteiger partial charge in [-0.15, -0.1) is 0 Å². The fourth-order valence-electron chi connectivity index (χ4n) is 2.23. The molecule has 1 aliphatic rings. The zero-order valence-corrected chi connectivity index (χ0v) is 12.9. The molecule has 0 aromatic heterocycles. The molecule has 0 saturated carbocycles. The van der Waals surface area contributed by atoms with Crippen LogP contribution in [0.1, 0.15) is 13.8 Å². The van der Waals surface area contributed by atoms with Crippen LogP contribution in [0.5, 0.6) is 5.75 Å². The summed E-state index contributed by atoms with van der Waals surface area (Å²) in [5.41, 5.74) is 0. The summed E-state index contributed by atoms with van der Waals surface area (Å²) in [6, 6.07) is 4.87. The molecule has 1 fully saturated rings. The van der Waals surface area contributed by atoms with Crippen molar-refractivity contribution in [1.82, 2.24) is 4.90 Å². The summed E-state index contributed by atoms with van der Waals surface area (Å²) in [7, 11) is 0. The SMILES string of the molecule is CC1CN(C(=O)COc2cc(Cl)cc(Cl)c2)CC(C)O1.